The SMILES string of the molecule is c1cnnc(NCCC2CCCC2)c1. The molecule has 1 aliphatic carbocycles. The van der Waals surface area contributed by atoms with E-state index >= 15 is 0 Å². The van der Waals surface area contributed by atoms with Gasteiger partial charge < -0.3 is 5.32 Å². The second-order valence-electron chi connectivity index (χ2n) is 3.97. The molecule has 3 heteroatoms. The lowest BCUT2D eigenvalue weighted by molar-refractivity contribution is 0.518. The highest BCUT2D eigenvalue weighted by atomic mass is 15.2. The van der Waals surface area contributed by atoms with Crippen LogP contribution in [-0.2, 0) is 0 Å². The summed E-state index contributed by atoms with van der Waals surface area (Å²) in [6, 6.07) is 3.87. The molecule has 1 fully saturated rings. The van der Waals surface area contributed by atoms with E-state index in [0.29, 0.717) is 0 Å². The maximum absolute atomic E-state index is 3.98. The summed E-state index contributed by atoms with van der Waals surface area (Å²) in [5.74, 6) is 1.84. The minimum atomic E-state index is 0.894. The van der Waals surface area contributed by atoms with Gasteiger partial charge in [0.05, 0.1) is 0 Å². The van der Waals surface area contributed by atoms with Gasteiger partial charge in [-0.25, -0.2) is 0 Å². The molecular weight excluding hydrogens is 174 g/mol. The van der Waals surface area contributed by atoms with E-state index in [1.54, 1.807) is 6.20 Å². The fourth-order valence-corrected chi connectivity index (χ4v) is 2.10. The average Bonchev–Trinajstić information content (AvgIpc) is 2.72. The first kappa shape index (κ1) is 9.44. The van der Waals surface area contributed by atoms with Crippen LogP contribution in [-0.4, -0.2) is 16.7 Å². The van der Waals surface area contributed by atoms with E-state index in [1.807, 2.05) is 12.1 Å². The van der Waals surface area contributed by atoms with Gasteiger partial charge in [0, 0.05) is 12.7 Å². The molecule has 0 aromatic carbocycles. The van der Waals surface area contributed by atoms with Crippen molar-refractivity contribution in [2.45, 2.75) is 32.1 Å². The van der Waals surface area contributed by atoms with Gasteiger partial charge in [-0.2, -0.15) is 5.10 Å². The van der Waals surface area contributed by atoms with E-state index in [1.165, 1.54) is 32.1 Å². The topological polar surface area (TPSA) is 37.8 Å². The molecule has 0 saturated heterocycles. The quantitative estimate of drug-likeness (QED) is 0.794. The Labute approximate surface area is 84.9 Å². The summed E-state index contributed by atoms with van der Waals surface area (Å²) < 4.78 is 0. The number of hydrogen-bond acceptors (Lipinski definition) is 3. The monoisotopic (exact) mass is 191 g/mol. The predicted molar refractivity (Wildman–Crippen MR) is 57.1 cm³/mol. The van der Waals surface area contributed by atoms with Crippen LogP contribution in [0.4, 0.5) is 5.82 Å². The molecular formula is C11H17N3. The summed E-state index contributed by atoms with van der Waals surface area (Å²) in [5.41, 5.74) is 0. The van der Waals surface area contributed by atoms with Crippen molar-refractivity contribution in [1.29, 1.82) is 0 Å². The second-order valence-corrected chi connectivity index (χ2v) is 3.97. The van der Waals surface area contributed by atoms with Crippen LogP contribution in [0.2, 0.25) is 0 Å². The zero-order chi connectivity index (χ0) is 9.64. The molecule has 0 amide bonds. The van der Waals surface area contributed by atoms with Gasteiger partial charge in [0.2, 0.25) is 0 Å². The molecule has 1 aromatic heterocycles. The molecule has 76 valence electrons. The number of hydrogen-bond donors (Lipinski definition) is 1. The Morgan fingerprint density at radius 2 is 2.21 bits per heavy atom. The van der Waals surface area contributed by atoms with Gasteiger partial charge in [-0.15, -0.1) is 5.10 Å². The van der Waals surface area contributed by atoms with Crippen LogP contribution in [0.5, 0.6) is 0 Å². The molecule has 0 unspecified atom stereocenters. The number of rotatable bonds is 4. The summed E-state index contributed by atoms with van der Waals surface area (Å²) in [4.78, 5) is 0. The minimum absolute atomic E-state index is 0.894. The third-order valence-electron chi connectivity index (χ3n) is 2.91. The number of anilines is 1. The maximum Gasteiger partial charge on any atom is 0.148 e. The van der Waals surface area contributed by atoms with Gasteiger partial charge in [0.15, 0.2) is 0 Å². The van der Waals surface area contributed by atoms with Gasteiger partial charge in [-0.05, 0) is 24.5 Å². The predicted octanol–water partition coefficient (Wildman–Crippen LogP) is 2.47. The largest absolute Gasteiger partial charge is 0.369 e. The van der Waals surface area contributed by atoms with Crippen molar-refractivity contribution in [3.05, 3.63) is 18.3 Å². The molecule has 1 N–H and O–H groups in total. The highest BCUT2D eigenvalue weighted by molar-refractivity contribution is 5.30. The molecule has 1 aromatic rings. The molecule has 0 atom stereocenters. The standard InChI is InChI=1S/C11H17N3/c1-2-5-10(4-1)7-9-12-11-6-3-8-13-14-11/h3,6,8,10H,1-2,4-5,7,9H2,(H,12,14). The van der Waals surface area contributed by atoms with Crippen LogP contribution < -0.4 is 5.32 Å². The van der Waals surface area contributed by atoms with Crippen molar-refractivity contribution in [1.82, 2.24) is 10.2 Å². The fraction of sp³-hybridized carbons (Fsp3) is 0.636. The van der Waals surface area contributed by atoms with Crippen LogP contribution in [0.3, 0.4) is 0 Å². The first-order valence-corrected chi connectivity index (χ1v) is 5.47. The number of nitrogens with zero attached hydrogens (tertiary/aromatic N) is 2. The van der Waals surface area contributed by atoms with Gasteiger partial charge in [0.1, 0.15) is 5.82 Å². The smallest absolute Gasteiger partial charge is 0.148 e. The van der Waals surface area contributed by atoms with Crippen molar-refractivity contribution in [3.8, 4) is 0 Å². The van der Waals surface area contributed by atoms with Gasteiger partial charge >= 0.3 is 0 Å². The van der Waals surface area contributed by atoms with Gasteiger partial charge in [-0.3, -0.25) is 0 Å². The Kier molecular flexibility index (Phi) is 3.33. The van der Waals surface area contributed by atoms with Crippen LogP contribution >= 0.6 is 0 Å². The second kappa shape index (κ2) is 4.94. The maximum atomic E-state index is 3.98. The Balaban J connectivity index is 1.67. The normalized spacial score (nSPS) is 17.1. The summed E-state index contributed by atoms with van der Waals surface area (Å²) in [6.07, 6.45) is 8.66. The summed E-state index contributed by atoms with van der Waals surface area (Å²) in [6.45, 7) is 1.03. The molecule has 2 rings (SSSR count). The Morgan fingerprint density at radius 3 is 2.93 bits per heavy atom. The van der Waals surface area contributed by atoms with E-state index in [0.717, 1.165) is 18.3 Å². The van der Waals surface area contributed by atoms with Crippen LogP contribution in [0.1, 0.15) is 32.1 Å². The third kappa shape index (κ3) is 2.69. The molecule has 0 radical (unpaired) electrons. The first-order valence-electron chi connectivity index (χ1n) is 5.47. The molecule has 3 nitrogen and oxygen atoms in total. The Bertz CT molecular complexity index is 254. The molecule has 14 heavy (non-hydrogen) atoms. The number of nitrogens with one attached hydrogen (secondary N) is 1. The van der Waals surface area contributed by atoms with Crippen molar-refractivity contribution < 1.29 is 0 Å². The first-order chi connectivity index (χ1) is 6.95. The van der Waals surface area contributed by atoms with Crippen LogP contribution in [0.25, 0.3) is 0 Å². The molecule has 1 saturated carbocycles. The van der Waals surface area contributed by atoms with E-state index in [4.69, 9.17) is 0 Å². The van der Waals surface area contributed by atoms with Crippen molar-refractivity contribution in [2.75, 3.05) is 11.9 Å². The number of aromatic nitrogens is 2. The lowest BCUT2D eigenvalue weighted by Crippen LogP contribution is -2.07. The van der Waals surface area contributed by atoms with E-state index in [-0.39, 0.29) is 0 Å². The molecule has 0 aliphatic heterocycles. The summed E-state index contributed by atoms with van der Waals surface area (Å²) in [7, 11) is 0. The Morgan fingerprint density at radius 1 is 1.36 bits per heavy atom. The fourth-order valence-electron chi connectivity index (χ4n) is 2.10. The van der Waals surface area contributed by atoms with Crippen molar-refractivity contribution in [3.63, 3.8) is 0 Å². The summed E-state index contributed by atoms with van der Waals surface area (Å²) >= 11 is 0. The zero-order valence-electron chi connectivity index (χ0n) is 8.45. The molecule has 1 aliphatic rings. The average molecular weight is 191 g/mol. The summed E-state index contributed by atoms with van der Waals surface area (Å²) in [5, 5.41) is 11.1. The van der Waals surface area contributed by atoms with Gasteiger partial charge in [-0.1, -0.05) is 25.7 Å². The third-order valence-corrected chi connectivity index (χ3v) is 2.91. The van der Waals surface area contributed by atoms with E-state index in [9.17, 15) is 0 Å². The van der Waals surface area contributed by atoms with Gasteiger partial charge in [0.25, 0.3) is 0 Å². The van der Waals surface area contributed by atoms with Crippen molar-refractivity contribution >= 4 is 5.82 Å². The highest BCUT2D eigenvalue weighted by Crippen LogP contribution is 2.27. The highest BCUT2D eigenvalue weighted by Gasteiger charge is 2.13. The lowest BCUT2D eigenvalue weighted by Gasteiger charge is -2.09. The molecule has 1 heterocycles. The van der Waals surface area contributed by atoms with Crippen LogP contribution in [0, 0.1) is 5.92 Å². The lowest BCUT2D eigenvalue weighted by atomic mass is 10.0. The zero-order valence-corrected chi connectivity index (χ0v) is 8.45. The van der Waals surface area contributed by atoms with Crippen LogP contribution in [0.15, 0.2) is 18.3 Å². The van der Waals surface area contributed by atoms with E-state index in [2.05, 4.69) is 15.5 Å². The Hall–Kier alpha value is -1.12. The molecule has 0 spiro atoms. The van der Waals surface area contributed by atoms with Crippen molar-refractivity contribution in [2.24, 2.45) is 5.92 Å². The van der Waals surface area contributed by atoms with E-state index < -0.39 is 0 Å². The minimum Gasteiger partial charge on any atom is -0.369 e. The molecule has 0 bridgehead atoms.